The molecular weight excluding hydrogens is 270 g/mol. The third-order valence-corrected chi connectivity index (χ3v) is 3.71. The fraction of sp³-hybridized carbons (Fsp3) is 0.357. The van der Waals surface area contributed by atoms with Gasteiger partial charge in [0, 0.05) is 35.2 Å². The largest absolute Gasteiger partial charge is 0.384 e. The van der Waals surface area contributed by atoms with Gasteiger partial charge in [-0.1, -0.05) is 32.9 Å². The van der Waals surface area contributed by atoms with E-state index in [9.17, 15) is 0 Å². The van der Waals surface area contributed by atoms with Crippen molar-refractivity contribution in [3.63, 3.8) is 0 Å². The van der Waals surface area contributed by atoms with Crippen LogP contribution in [0.4, 0.5) is 10.8 Å². The quantitative estimate of drug-likeness (QED) is 0.672. The molecule has 0 radical (unpaired) electrons. The second-order valence-electron chi connectivity index (χ2n) is 5.67. The molecule has 0 aliphatic carbocycles. The van der Waals surface area contributed by atoms with Crippen LogP contribution in [-0.4, -0.2) is 22.2 Å². The average molecular weight is 289 g/mol. The number of amidine groups is 1. The minimum absolute atomic E-state index is 0.0587. The van der Waals surface area contributed by atoms with Crippen LogP contribution in [0.2, 0.25) is 0 Å². The van der Waals surface area contributed by atoms with Crippen LogP contribution < -0.4 is 10.6 Å². The van der Waals surface area contributed by atoms with Crippen LogP contribution in [0.3, 0.4) is 0 Å². The van der Waals surface area contributed by atoms with Gasteiger partial charge in [-0.05, 0) is 12.1 Å². The van der Waals surface area contributed by atoms with E-state index in [1.54, 1.807) is 0 Å². The lowest BCUT2D eigenvalue weighted by molar-refractivity contribution is 0.555. The number of hydrogen-bond donors (Lipinski definition) is 2. The highest BCUT2D eigenvalue weighted by Gasteiger charge is 2.21. The van der Waals surface area contributed by atoms with Crippen molar-refractivity contribution >= 4 is 28.2 Å². The summed E-state index contributed by atoms with van der Waals surface area (Å²) in [5.41, 5.74) is 7.11. The van der Waals surface area contributed by atoms with Crippen molar-refractivity contribution in [2.45, 2.75) is 26.2 Å². The first-order chi connectivity index (χ1) is 9.29. The molecule has 5 nitrogen and oxygen atoms in total. The van der Waals surface area contributed by atoms with E-state index in [0.29, 0.717) is 5.56 Å². The molecule has 3 N–H and O–H groups in total. The van der Waals surface area contributed by atoms with Crippen LogP contribution in [0.15, 0.2) is 24.3 Å². The molecule has 1 aromatic heterocycles. The van der Waals surface area contributed by atoms with Gasteiger partial charge in [0.1, 0.15) is 11.7 Å². The summed E-state index contributed by atoms with van der Waals surface area (Å²) < 4.78 is 4.41. The van der Waals surface area contributed by atoms with Gasteiger partial charge in [0.15, 0.2) is 0 Å². The van der Waals surface area contributed by atoms with Crippen LogP contribution >= 0.6 is 11.5 Å². The molecule has 0 bridgehead atoms. The summed E-state index contributed by atoms with van der Waals surface area (Å²) in [6, 6.07) is 7.54. The Morgan fingerprint density at radius 1 is 1.35 bits per heavy atom. The number of anilines is 2. The molecule has 0 fully saturated rings. The van der Waals surface area contributed by atoms with Crippen molar-refractivity contribution < 1.29 is 0 Å². The Bertz CT molecular complexity index is 626. The number of nitrogen functional groups attached to an aromatic ring is 1. The average Bonchev–Trinajstić information content (AvgIpc) is 2.87. The topological polar surface area (TPSA) is 78.9 Å². The molecule has 0 saturated carbocycles. The van der Waals surface area contributed by atoms with E-state index in [-0.39, 0.29) is 11.3 Å². The highest BCUT2D eigenvalue weighted by Crippen LogP contribution is 2.29. The second-order valence-corrected chi connectivity index (χ2v) is 6.40. The van der Waals surface area contributed by atoms with Gasteiger partial charge in [0.2, 0.25) is 5.13 Å². The van der Waals surface area contributed by atoms with Crippen molar-refractivity contribution in [1.29, 1.82) is 5.41 Å². The maximum Gasteiger partial charge on any atom is 0.209 e. The first-order valence-electron chi connectivity index (χ1n) is 6.31. The lowest BCUT2D eigenvalue weighted by Crippen LogP contribution is -2.15. The van der Waals surface area contributed by atoms with Crippen LogP contribution in [0.1, 0.15) is 32.2 Å². The highest BCUT2D eigenvalue weighted by molar-refractivity contribution is 7.09. The normalized spacial score (nSPS) is 11.4. The van der Waals surface area contributed by atoms with Gasteiger partial charge in [-0.2, -0.15) is 4.37 Å². The van der Waals surface area contributed by atoms with E-state index in [2.05, 4.69) is 30.1 Å². The molecule has 1 aromatic carbocycles. The van der Waals surface area contributed by atoms with Crippen molar-refractivity contribution in [2.24, 2.45) is 5.73 Å². The minimum atomic E-state index is -0.0587. The monoisotopic (exact) mass is 289 g/mol. The Hall–Kier alpha value is -1.95. The van der Waals surface area contributed by atoms with E-state index in [4.69, 9.17) is 11.1 Å². The Morgan fingerprint density at radius 2 is 2.05 bits per heavy atom. The van der Waals surface area contributed by atoms with Gasteiger partial charge in [0.25, 0.3) is 0 Å². The Balaban J connectivity index is 2.31. The predicted octanol–water partition coefficient (Wildman–Crippen LogP) is 2.89. The lowest BCUT2D eigenvalue weighted by atomic mass is 9.96. The summed E-state index contributed by atoms with van der Waals surface area (Å²) in [6.07, 6.45) is 0. The number of hydrogen-bond acceptors (Lipinski definition) is 5. The van der Waals surface area contributed by atoms with E-state index >= 15 is 0 Å². The van der Waals surface area contributed by atoms with E-state index < -0.39 is 0 Å². The fourth-order valence-corrected chi connectivity index (χ4v) is 2.49. The van der Waals surface area contributed by atoms with Crippen LogP contribution in [0.5, 0.6) is 0 Å². The third-order valence-electron chi connectivity index (χ3n) is 2.92. The van der Waals surface area contributed by atoms with Crippen LogP contribution in [-0.2, 0) is 5.41 Å². The van der Waals surface area contributed by atoms with Crippen LogP contribution in [0.25, 0.3) is 0 Å². The van der Waals surface area contributed by atoms with Gasteiger partial charge in [-0.25, -0.2) is 4.98 Å². The molecule has 0 unspecified atom stereocenters. The SMILES string of the molecule is CN(c1cccc(C(=N)N)c1)c1nc(C(C)(C)C)ns1. The van der Waals surface area contributed by atoms with E-state index in [1.807, 2.05) is 36.2 Å². The molecule has 0 atom stereocenters. The molecule has 1 heterocycles. The third kappa shape index (κ3) is 2.96. The Labute approximate surface area is 123 Å². The number of benzene rings is 1. The summed E-state index contributed by atoms with van der Waals surface area (Å²) in [6.45, 7) is 6.28. The summed E-state index contributed by atoms with van der Waals surface area (Å²) >= 11 is 1.37. The molecule has 0 amide bonds. The summed E-state index contributed by atoms with van der Waals surface area (Å²) in [7, 11) is 1.94. The molecule has 106 valence electrons. The fourth-order valence-electron chi connectivity index (χ4n) is 1.65. The smallest absolute Gasteiger partial charge is 0.209 e. The Kier molecular flexibility index (Phi) is 3.76. The molecule has 0 aliphatic heterocycles. The number of nitrogens with two attached hydrogens (primary N) is 1. The Morgan fingerprint density at radius 3 is 2.60 bits per heavy atom. The maximum atomic E-state index is 7.50. The summed E-state index contributed by atoms with van der Waals surface area (Å²) in [5.74, 6) is 0.903. The van der Waals surface area contributed by atoms with Crippen molar-refractivity contribution in [1.82, 2.24) is 9.36 Å². The van der Waals surface area contributed by atoms with Gasteiger partial charge in [-0.15, -0.1) is 0 Å². The molecule has 2 rings (SSSR count). The number of nitrogens with zero attached hydrogens (tertiary/aromatic N) is 3. The van der Waals surface area contributed by atoms with Gasteiger partial charge >= 0.3 is 0 Å². The zero-order chi connectivity index (χ0) is 14.9. The predicted molar refractivity (Wildman–Crippen MR) is 84.1 cm³/mol. The van der Waals surface area contributed by atoms with Crippen molar-refractivity contribution in [3.8, 4) is 0 Å². The van der Waals surface area contributed by atoms with Crippen molar-refractivity contribution in [2.75, 3.05) is 11.9 Å². The zero-order valence-electron chi connectivity index (χ0n) is 12.1. The number of nitrogens with one attached hydrogen (secondary N) is 1. The minimum Gasteiger partial charge on any atom is -0.384 e. The maximum absolute atomic E-state index is 7.50. The van der Waals surface area contributed by atoms with E-state index in [1.165, 1.54) is 11.5 Å². The number of rotatable bonds is 3. The highest BCUT2D eigenvalue weighted by atomic mass is 32.1. The summed E-state index contributed by atoms with van der Waals surface area (Å²) in [5, 5.41) is 8.33. The number of aromatic nitrogens is 2. The van der Waals surface area contributed by atoms with E-state index in [0.717, 1.165) is 16.6 Å². The standard InChI is InChI=1S/C14H19N5S/c1-14(2,3)12-17-13(20-18-12)19(4)10-7-5-6-9(8-10)11(15)16/h5-8H,1-4H3,(H3,15,16). The molecule has 0 aliphatic rings. The molecule has 20 heavy (non-hydrogen) atoms. The van der Waals surface area contributed by atoms with Gasteiger partial charge in [0.05, 0.1) is 0 Å². The summed E-state index contributed by atoms with van der Waals surface area (Å²) in [4.78, 5) is 6.54. The van der Waals surface area contributed by atoms with Crippen LogP contribution in [0, 0.1) is 5.41 Å². The zero-order valence-corrected chi connectivity index (χ0v) is 13.0. The first kappa shape index (κ1) is 14.5. The second kappa shape index (κ2) is 5.20. The van der Waals surface area contributed by atoms with Crippen molar-refractivity contribution in [3.05, 3.63) is 35.7 Å². The molecule has 0 spiro atoms. The van der Waals surface area contributed by atoms with Gasteiger partial charge in [-0.3, -0.25) is 5.41 Å². The molecule has 0 saturated heterocycles. The molecular formula is C14H19N5S. The first-order valence-corrected chi connectivity index (χ1v) is 7.09. The molecule has 6 heteroatoms. The molecule has 2 aromatic rings. The van der Waals surface area contributed by atoms with Gasteiger partial charge < -0.3 is 10.6 Å². The lowest BCUT2D eigenvalue weighted by Gasteiger charge is -2.17.